The van der Waals surface area contributed by atoms with Crippen LogP contribution in [0.1, 0.15) is 18.4 Å². The number of rotatable bonds is 5. The van der Waals surface area contributed by atoms with Crippen molar-refractivity contribution in [2.24, 2.45) is 0 Å². The van der Waals surface area contributed by atoms with Crippen LogP contribution in [-0.4, -0.2) is 24.1 Å². The highest BCUT2D eigenvalue weighted by molar-refractivity contribution is 5.81. The van der Waals surface area contributed by atoms with Crippen LogP contribution in [0.5, 0.6) is 0 Å². The molecule has 1 aliphatic carbocycles. The second kappa shape index (κ2) is 4.94. The Balaban J connectivity index is 1.68. The van der Waals surface area contributed by atoms with E-state index in [-0.39, 0.29) is 0 Å². The topological polar surface area (TPSA) is 37.0 Å². The van der Waals surface area contributed by atoms with Crippen molar-refractivity contribution in [3.8, 4) is 0 Å². The van der Waals surface area contributed by atoms with E-state index in [1.807, 2.05) is 6.07 Å². The van der Waals surface area contributed by atoms with E-state index in [1.54, 1.807) is 0 Å². The predicted octanol–water partition coefficient (Wildman–Crippen LogP) is 2.71. The Labute approximate surface area is 108 Å². The molecule has 1 fully saturated rings. The summed E-state index contributed by atoms with van der Waals surface area (Å²) in [6, 6.07) is 11.2. The minimum atomic E-state index is 0.775. The highest BCUT2D eigenvalue weighted by atomic mass is 15.0. The summed E-state index contributed by atoms with van der Waals surface area (Å²) < 4.78 is 0. The number of nitrogens with zero attached hydrogens (tertiary/aromatic N) is 1. The van der Waals surface area contributed by atoms with Gasteiger partial charge in [0.15, 0.2) is 0 Å². The van der Waals surface area contributed by atoms with Gasteiger partial charge in [0.1, 0.15) is 5.82 Å². The molecule has 1 heterocycles. The van der Waals surface area contributed by atoms with Crippen molar-refractivity contribution in [2.75, 3.05) is 18.4 Å². The summed E-state index contributed by atoms with van der Waals surface area (Å²) in [7, 11) is 0. The first-order valence-corrected chi connectivity index (χ1v) is 6.66. The first kappa shape index (κ1) is 11.5. The van der Waals surface area contributed by atoms with Gasteiger partial charge in [-0.1, -0.05) is 18.2 Å². The summed E-state index contributed by atoms with van der Waals surface area (Å²) in [4.78, 5) is 4.67. The van der Waals surface area contributed by atoms with E-state index in [9.17, 15) is 0 Å². The van der Waals surface area contributed by atoms with Gasteiger partial charge >= 0.3 is 0 Å². The quantitative estimate of drug-likeness (QED) is 0.790. The summed E-state index contributed by atoms with van der Waals surface area (Å²) in [6.45, 7) is 4.05. The van der Waals surface area contributed by atoms with Crippen molar-refractivity contribution in [1.82, 2.24) is 10.3 Å². The van der Waals surface area contributed by atoms with Gasteiger partial charge in [0.25, 0.3) is 0 Å². The van der Waals surface area contributed by atoms with Crippen molar-refractivity contribution in [1.29, 1.82) is 0 Å². The van der Waals surface area contributed by atoms with Gasteiger partial charge in [-0.25, -0.2) is 4.98 Å². The van der Waals surface area contributed by atoms with E-state index >= 15 is 0 Å². The number of pyridine rings is 1. The summed E-state index contributed by atoms with van der Waals surface area (Å²) in [6.07, 6.45) is 2.68. The number of para-hydroxylation sites is 1. The van der Waals surface area contributed by atoms with Crippen LogP contribution < -0.4 is 10.6 Å². The van der Waals surface area contributed by atoms with Crippen molar-refractivity contribution < 1.29 is 0 Å². The molecule has 0 aliphatic heterocycles. The molecule has 2 N–H and O–H groups in total. The van der Waals surface area contributed by atoms with Crippen LogP contribution in [0.15, 0.2) is 30.3 Å². The molecule has 0 amide bonds. The molecule has 0 spiro atoms. The second-order valence-electron chi connectivity index (χ2n) is 5.00. The lowest BCUT2D eigenvalue weighted by molar-refractivity contribution is 0.700. The molecule has 1 aromatic heterocycles. The Bertz CT molecular complexity index is 546. The third kappa shape index (κ3) is 2.62. The molecule has 0 unspecified atom stereocenters. The zero-order valence-electron chi connectivity index (χ0n) is 10.7. The molecule has 0 bridgehead atoms. The normalized spacial score (nSPS) is 14.9. The number of anilines is 1. The van der Waals surface area contributed by atoms with Gasteiger partial charge in [0.2, 0.25) is 0 Å². The van der Waals surface area contributed by atoms with Gasteiger partial charge in [0.05, 0.1) is 5.52 Å². The maximum Gasteiger partial charge on any atom is 0.129 e. The Hall–Kier alpha value is -1.61. The fourth-order valence-corrected chi connectivity index (χ4v) is 2.15. The predicted molar refractivity (Wildman–Crippen MR) is 76.0 cm³/mol. The zero-order chi connectivity index (χ0) is 12.4. The standard InChI is InChI=1S/C15H19N3/c1-11-10-12-4-2-3-5-14(12)18-15(11)17-9-8-16-13-6-7-13/h2-5,10,13,16H,6-9H2,1H3,(H,17,18). The van der Waals surface area contributed by atoms with Gasteiger partial charge in [-0.15, -0.1) is 0 Å². The fourth-order valence-electron chi connectivity index (χ4n) is 2.15. The molecule has 0 atom stereocenters. The first-order chi connectivity index (χ1) is 8.83. The first-order valence-electron chi connectivity index (χ1n) is 6.66. The minimum absolute atomic E-state index is 0.775. The van der Waals surface area contributed by atoms with Crippen LogP contribution in [0.2, 0.25) is 0 Å². The molecule has 2 aromatic rings. The molecular weight excluding hydrogens is 222 g/mol. The van der Waals surface area contributed by atoms with Crippen LogP contribution in [0.25, 0.3) is 10.9 Å². The lowest BCUT2D eigenvalue weighted by Crippen LogP contribution is -2.24. The van der Waals surface area contributed by atoms with E-state index < -0.39 is 0 Å². The number of aromatic nitrogens is 1. The van der Waals surface area contributed by atoms with Gasteiger partial charge in [-0.2, -0.15) is 0 Å². The second-order valence-corrected chi connectivity index (χ2v) is 5.00. The lowest BCUT2D eigenvalue weighted by atomic mass is 10.1. The molecule has 18 heavy (non-hydrogen) atoms. The van der Waals surface area contributed by atoms with Crippen molar-refractivity contribution >= 4 is 16.7 Å². The Morgan fingerprint density at radius 2 is 2.06 bits per heavy atom. The van der Waals surface area contributed by atoms with Gasteiger partial charge in [-0.3, -0.25) is 0 Å². The summed E-state index contributed by atoms with van der Waals surface area (Å²) in [5.74, 6) is 1.01. The van der Waals surface area contributed by atoms with E-state index in [1.165, 1.54) is 23.8 Å². The molecule has 94 valence electrons. The SMILES string of the molecule is Cc1cc2ccccc2nc1NCCNC1CC1. The Kier molecular flexibility index (Phi) is 3.15. The number of aryl methyl sites for hydroxylation is 1. The van der Waals surface area contributed by atoms with Crippen molar-refractivity contribution in [3.63, 3.8) is 0 Å². The fraction of sp³-hybridized carbons (Fsp3) is 0.400. The highest BCUT2D eigenvalue weighted by Crippen LogP contribution is 2.20. The molecule has 0 radical (unpaired) electrons. The van der Waals surface area contributed by atoms with Crippen LogP contribution >= 0.6 is 0 Å². The number of hydrogen-bond acceptors (Lipinski definition) is 3. The Morgan fingerprint density at radius 3 is 2.89 bits per heavy atom. The molecule has 0 saturated heterocycles. The van der Waals surface area contributed by atoms with Crippen LogP contribution in [0.4, 0.5) is 5.82 Å². The molecule has 3 heteroatoms. The maximum absolute atomic E-state index is 4.67. The largest absolute Gasteiger partial charge is 0.369 e. The summed E-state index contributed by atoms with van der Waals surface area (Å²) in [5, 5.41) is 8.11. The van der Waals surface area contributed by atoms with Gasteiger partial charge < -0.3 is 10.6 Å². The summed E-state index contributed by atoms with van der Waals surface area (Å²) in [5.41, 5.74) is 2.26. The molecular formula is C15H19N3. The zero-order valence-corrected chi connectivity index (χ0v) is 10.7. The molecule has 1 aromatic carbocycles. The molecule has 1 saturated carbocycles. The van der Waals surface area contributed by atoms with Crippen LogP contribution in [0.3, 0.4) is 0 Å². The number of hydrogen-bond donors (Lipinski definition) is 2. The number of fused-ring (bicyclic) bond motifs is 1. The van der Waals surface area contributed by atoms with Crippen LogP contribution in [-0.2, 0) is 0 Å². The maximum atomic E-state index is 4.67. The highest BCUT2D eigenvalue weighted by Gasteiger charge is 2.19. The average molecular weight is 241 g/mol. The van der Waals surface area contributed by atoms with E-state index in [0.29, 0.717) is 0 Å². The molecule has 1 aliphatic rings. The third-order valence-corrected chi connectivity index (χ3v) is 3.34. The third-order valence-electron chi connectivity index (χ3n) is 3.34. The molecule has 3 nitrogen and oxygen atoms in total. The lowest BCUT2D eigenvalue weighted by Gasteiger charge is -2.10. The summed E-state index contributed by atoms with van der Waals surface area (Å²) >= 11 is 0. The minimum Gasteiger partial charge on any atom is -0.369 e. The van der Waals surface area contributed by atoms with E-state index in [2.05, 4.69) is 46.8 Å². The van der Waals surface area contributed by atoms with Gasteiger partial charge in [-0.05, 0) is 37.5 Å². The monoisotopic (exact) mass is 241 g/mol. The number of benzene rings is 1. The number of nitrogens with one attached hydrogen (secondary N) is 2. The molecule has 3 rings (SSSR count). The van der Waals surface area contributed by atoms with Crippen LogP contribution in [0, 0.1) is 6.92 Å². The van der Waals surface area contributed by atoms with Crippen molar-refractivity contribution in [2.45, 2.75) is 25.8 Å². The smallest absolute Gasteiger partial charge is 0.129 e. The van der Waals surface area contributed by atoms with E-state index in [0.717, 1.165) is 30.5 Å². The Morgan fingerprint density at radius 1 is 1.22 bits per heavy atom. The van der Waals surface area contributed by atoms with Crippen molar-refractivity contribution in [3.05, 3.63) is 35.9 Å². The average Bonchev–Trinajstić information content (AvgIpc) is 3.19. The van der Waals surface area contributed by atoms with Gasteiger partial charge in [0, 0.05) is 24.5 Å². The van der Waals surface area contributed by atoms with E-state index in [4.69, 9.17) is 0 Å².